The van der Waals surface area contributed by atoms with Gasteiger partial charge in [0.15, 0.2) is 0 Å². The van der Waals surface area contributed by atoms with Gasteiger partial charge in [0.25, 0.3) is 5.91 Å². The summed E-state index contributed by atoms with van der Waals surface area (Å²) < 4.78 is 5.29. The van der Waals surface area contributed by atoms with Gasteiger partial charge in [-0.15, -0.1) is 0 Å². The number of aromatic hydroxyl groups is 1. The van der Waals surface area contributed by atoms with Gasteiger partial charge in [-0.1, -0.05) is 17.7 Å². The fraction of sp³-hybridized carbons (Fsp3) is 0.190. The number of phenols is 1. The van der Waals surface area contributed by atoms with Crippen molar-refractivity contribution in [1.29, 1.82) is 0 Å². The third-order valence-electron chi connectivity index (χ3n) is 4.74. The molecule has 0 unspecified atom stereocenters. The third kappa shape index (κ3) is 4.01. The summed E-state index contributed by atoms with van der Waals surface area (Å²) in [6.07, 6.45) is 1.56. The number of hydrogen-bond donors (Lipinski definition) is 2. The highest BCUT2D eigenvalue weighted by molar-refractivity contribution is 6.34. The maximum atomic E-state index is 12.7. The zero-order chi connectivity index (χ0) is 20.4. The molecule has 1 aliphatic rings. The SMILES string of the molecule is Nc1ncc(-c2ccc(C(=O)N3CCOCC3)c(Cl)c2)nc1-c1ccc(O)cc1. The largest absolute Gasteiger partial charge is 0.508 e. The fourth-order valence-electron chi connectivity index (χ4n) is 3.15. The molecule has 7 nitrogen and oxygen atoms in total. The van der Waals surface area contributed by atoms with E-state index in [-0.39, 0.29) is 17.5 Å². The molecule has 0 atom stereocenters. The van der Waals surface area contributed by atoms with Crippen LogP contribution in [0, 0.1) is 0 Å². The Balaban J connectivity index is 1.65. The van der Waals surface area contributed by atoms with Gasteiger partial charge in [0, 0.05) is 24.2 Å². The van der Waals surface area contributed by atoms with E-state index in [9.17, 15) is 9.90 Å². The van der Waals surface area contributed by atoms with Crippen molar-refractivity contribution >= 4 is 23.3 Å². The van der Waals surface area contributed by atoms with E-state index in [0.717, 1.165) is 11.1 Å². The van der Waals surface area contributed by atoms with Gasteiger partial charge >= 0.3 is 0 Å². The third-order valence-corrected chi connectivity index (χ3v) is 5.05. The van der Waals surface area contributed by atoms with Crippen LogP contribution in [0.1, 0.15) is 10.4 Å². The quantitative estimate of drug-likeness (QED) is 0.687. The molecule has 29 heavy (non-hydrogen) atoms. The van der Waals surface area contributed by atoms with E-state index in [0.29, 0.717) is 48.3 Å². The van der Waals surface area contributed by atoms with E-state index in [4.69, 9.17) is 22.1 Å². The number of morpholine rings is 1. The first-order valence-corrected chi connectivity index (χ1v) is 9.49. The van der Waals surface area contributed by atoms with Crippen LogP contribution in [0.3, 0.4) is 0 Å². The molecule has 0 radical (unpaired) electrons. The normalized spacial score (nSPS) is 14.0. The minimum atomic E-state index is -0.113. The summed E-state index contributed by atoms with van der Waals surface area (Å²) in [6.45, 7) is 2.16. The summed E-state index contributed by atoms with van der Waals surface area (Å²) in [6, 6.07) is 11.8. The molecule has 148 valence electrons. The number of aromatic nitrogens is 2. The summed E-state index contributed by atoms with van der Waals surface area (Å²) in [5, 5.41) is 9.83. The Labute approximate surface area is 172 Å². The molecule has 0 spiro atoms. The number of anilines is 1. The summed E-state index contributed by atoms with van der Waals surface area (Å²) in [4.78, 5) is 23.3. The van der Waals surface area contributed by atoms with Gasteiger partial charge in [-0.2, -0.15) is 0 Å². The molecule has 0 bridgehead atoms. The number of ether oxygens (including phenoxy) is 1. The average molecular weight is 411 g/mol. The summed E-state index contributed by atoms with van der Waals surface area (Å²) in [7, 11) is 0. The number of halogens is 1. The van der Waals surface area contributed by atoms with Gasteiger partial charge in [-0.3, -0.25) is 4.79 Å². The van der Waals surface area contributed by atoms with Gasteiger partial charge in [-0.25, -0.2) is 9.97 Å². The molecule has 4 rings (SSSR count). The fourth-order valence-corrected chi connectivity index (χ4v) is 3.42. The molecule has 0 aliphatic carbocycles. The summed E-state index contributed by atoms with van der Waals surface area (Å²) in [5.74, 6) is 0.325. The number of nitrogens with two attached hydrogens (primary N) is 1. The van der Waals surface area contributed by atoms with Crippen LogP contribution in [0.2, 0.25) is 5.02 Å². The van der Waals surface area contributed by atoms with Gasteiger partial charge in [0.2, 0.25) is 0 Å². The van der Waals surface area contributed by atoms with E-state index in [1.165, 1.54) is 0 Å². The standard InChI is InChI=1S/C21H19ClN4O3/c22-17-11-14(3-6-16(17)21(28)26-7-9-29-10-8-26)18-12-24-20(23)19(25-18)13-1-4-15(27)5-2-13/h1-6,11-12,27H,7-10H2,(H2,23,24). The van der Waals surface area contributed by atoms with E-state index < -0.39 is 0 Å². The van der Waals surface area contributed by atoms with Crippen molar-refractivity contribution in [3.63, 3.8) is 0 Å². The minimum Gasteiger partial charge on any atom is -0.508 e. The molecule has 2 heterocycles. The first-order valence-electron chi connectivity index (χ1n) is 9.12. The predicted molar refractivity (Wildman–Crippen MR) is 111 cm³/mol. The topological polar surface area (TPSA) is 102 Å². The number of rotatable bonds is 3. The highest BCUT2D eigenvalue weighted by Crippen LogP contribution is 2.29. The van der Waals surface area contributed by atoms with Crippen molar-refractivity contribution in [2.75, 3.05) is 32.0 Å². The van der Waals surface area contributed by atoms with Crippen molar-refractivity contribution in [1.82, 2.24) is 14.9 Å². The molecular weight excluding hydrogens is 392 g/mol. The Bertz CT molecular complexity index is 1050. The maximum absolute atomic E-state index is 12.7. The molecule has 1 aromatic heterocycles. The van der Waals surface area contributed by atoms with E-state index in [2.05, 4.69) is 9.97 Å². The van der Waals surface area contributed by atoms with Crippen molar-refractivity contribution in [2.24, 2.45) is 0 Å². The van der Waals surface area contributed by atoms with Crippen LogP contribution in [-0.4, -0.2) is 52.2 Å². The van der Waals surface area contributed by atoms with Crippen LogP contribution in [-0.2, 0) is 4.74 Å². The van der Waals surface area contributed by atoms with Crippen molar-refractivity contribution in [2.45, 2.75) is 0 Å². The number of benzene rings is 2. The second-order valence-corrected chi connectivity index (χ2v) is 7.04. The lowest BCUT2D eigenvalue weighted by Crippen LogP contribution is -2.40. The number of nitrogen functional groups attached to an aromatic ring is 1. The Morgan fingerprint density at radius 1 is 1.10 bits per heavy atom. The average Bonchev–Trinajstić information content (AvgIpc) is 2.75. The maximum Gasteiger partial charge on any atom is 0.255 e. The predicted octanol–water partition coefficient (Wildman–Crippen LogP) is 3.22. The van der Waals surface area contributed by atoms with Crippen molar-refractivity contribution in [3.05, 3.63) is 59.2 Å². The number of carbonyl (C=O) groups is 1. The molecule has 1 amide bonds. The molecule has 0 saturated carbocycles. The number of amides is 1. The van der Waals surface area contributed by atoms with E-state index >= 15 is 0 Å². The molecule has 3 N–H and O–H groups in total. The first kappa shape index (κ1) is 19.2. The van der Waals surface area contributed by atoms with Crippen LogP contribution < -0.4 is 5.73 Å². The lowest BCUT2D eigenvalue weighted by atomic mass is 10.1. The van der Waals surface area contributed by atoms with Gasteiger partial charge in [0.1, 0.15) is 17.3 Å². The lowest BCUT2D eigenvalue weighted by molar-refractivity contribution is 0.0303. The lowest BCUT2D eigenvalue weighted by Gasteiger charge is -2.27. The zero-order valence-electron chi connectivity index (χ0n) is 15.5. The smallest absolute Gasteiger partial charge is 0.255 e. The summed E-state index contributed by atoms with van der Waals surface area (Å²) in [5.41, 5.74) is 8.98. The zero-order valence-corrected chi connectivity index (χ0v) is 16.3. The molecule has 1 aliphatic heterocycles. The molecule has 2 aromatic carbocycles. The Kier molecular flexibility index (Phi) is 5.33. The van der Waals surface area contributed by atoms with Crippen LogP contribution >= 0.6 is 11.6 Å². The van der Waals surface area contributed by atoms with E-state index in [1.54, 1.807) is 53.6 Å². The van der Waals surface area contributed by atoms with Crippen molar-refractivity contribution in [3.8, 4) is 28.3 Å². The van der Waals surface area contributed by atoms with Crippen LogP contribution in [0.4, 0.5) is 5.82 Å². The Hall–Kier alpha value is -3.16. The number of phenolic OH excluding ortho intramolecular Hbond substituents is 1. The second-order valence-electron chi connectivity index (χ2n) is 6.64. The second kappa shape index (κ2) is 8.06. The van der Waals surface area contributed by atoms with Crippen molar-refractivity contribution < 1.29 is 14.6 Å². The van der Waals surface area contributed by atoms with Gasteiger partial charge < -0.3 is 20.5 Å². The highest BCUT2D eigenvalue weighted by Gasteiger charge is 2.21. The number of nitrogens with zero attached hydrogens (tertiary/aromatic N) is 3. The number of carbonyl (C=O) groups excluding carboxylic acids is 1. The molecule has 8 heteroatoms. The molecule has 1 saturated heterocycles. The highest BCUT2D eigenvalue weighted by atomic mass is 35.5. The minimum absolute atomic E-state index is 0.113. The summed E-state index contributed by atoms with van der Waals surface area (Å²) >= 11 is 6.42. The first-order chi connectivity index (χ1) is 14.0. The monoisotopic (exact) mass is 410 g/mol. The Morgan fingerprint density at radius 3 is 2.48 bits per heavy atom. The van der Waals surface area contributed by atoms with Gasteiger partial charge in [0.05, 0.1) is 35.7 Å². The van der Waals surface area contributed by atoms with Crippen LogP contribution in [0.5, 0.6) is 5.75 Å². The Morgan fingerprint density at radius 2 is 1.79 bits per heavy atom. The molecular formula is C21H19ClN4O3. The number of hydrogen-bond acceptors (Lipinski definition) is 6. The molecule has 3 aromatic rings. The van der Waals surface area contributed by atoms with E-state index in [1.807, 2.05) is 0 Å². The van der Waals surface area contributed by atoms with Crippen LogP contribution in [0.15, 0.2) is 48.7 Å². The van der Waals surface area contributed by atoms with Gasteiger partial charge in [-0.05, 0) is 36.4 Å². The molecule has 1 fully saturated rings. The van der Waals surface area contributed by atoms with Crippen LogP contribution in [0.25, 0.3) is 22.5 Å².